The van der Waals surface area contributed by atoms with Gasteiger partial charge in [0, 0.05) is 5.56 Å². The predicted molar refractivity (Wildman–Crippen MR) is 79.3 cm³/mol. The van der Waals surface area contributed by atoms with Crippen molar-refractivity contribution in [1.82, 2.24) is 5.48 Å². The lowest BCUT2D eigenvalue weighted by atomic mass is 10.0. The number of hydrogen-bond donors (Lipinski definition) is 1. The summed E-state index contributed by atoms with van der Waals surface area (Å²) in [5.74, 6) is 0. The number of hydrogen-bond acceptors (Lipinski definition) is 2. The van der Waals surface area contributed by atoms with Crippen LogP contribution in [0.1, 0.15) is 22.3 Å². The van der Waals surface area contributed by atoms with Gasteiger partial charge in [-0.3, -0.25) is 10.3 Å². The Morgan fingerprint density at radius 1 is 1.11 bits per heavy atom. The van der Waals surface area contributed by atoms with Gasteiger partial charge in [-0.2, -0.15) is 0 Å². The van der Waals surface area contributed by atoms with Crippen molar-refractivity contribution in [2.45, 2.75) is 20.5 Å². The van der Waals surface area contributed by atoms with E-state index >= 15 is 0 Å². The van der Waals surface area contributed by atoms with Gasteiger partial charge in [0.15, 0.2) is 0 Å². The summed E-state index contributed by atoms with van der Waals surface area (Å²) in [6.07, 6.45) is 0. The fourth-order valence-corrected chi connectivity index (χ4v) is 1.90. The molecule has 0 fully saturated rings. The number of aryl methyl sites for hydroxylation is 2. The SMILES string of the molecule is C=C(NOCc1ccccc1)c1cc(C)ccc1C. The van der Waals surface area contributed by atoms with Crippen molar-refractivity contribution in [3.63, 3.8) is 0 Å². The van der Waals surface area contributed by atoms with Gasteiger partial charge in [-0.1, -0.05) is 54.6 Å². The quantitative estimate of drug-likeness (QED) is 0.813. The molecule has 1 N–H and O–H groups in total. The zero-order valence-corrected chi connectivity index (χ0v) is 11.4. The number of nitrogens with one attached hydrogen (secondary N) is 1. The van der Waals surface area contributed by atoms with Crippen molar-refractivity contribution in [3.05, 3.63) is 77.4 Å². The summed E-state index contributed by atoms with van der Waals surface area (Å²) >= 11 is 0. The van der Waals surface area contributed by atoms with Crippen LogP contribution in [0.4, 0.5) is 0 Å². The Morgan fingerprint density at radius 3 is 2.58 bits per heavy atom. The summed E-state index contributed by atoms with van der Waals surface area (Å²) in [7, 11) is 0. The predicted octanol–water partition coefficient (Wildman–Crippen LogP) is 4.00. The van der Waals surface area contributed by atoms with Gasteiger partial charge in [0.2, 0.25) is 0 Å². The van der Waals surface area contributed by atoms with Crippen molar-refractivity contribution in [3.8, 4) is 0 Å². The highest BCUT2D eigenvalue weighted by atomic mass is 16.6. The molecule has 2 nitrogen and oxygen atoms in total. The summed E-state index contributed by atoms with van der Waals surface area (Å²) in [5.41, 5.74) is 8.33. The largest absolute Gasteiger partial charge is 0.271 e. The summed E-state index contributed by atoms with van der Waals surface area (Å²) in [4.78, 5) is 5.48. The van der Waals surface area contributed by atoms with Gasteiger partial charge >= 0.3 is 0 Å². The molecule has 0 unspecified atom stereocenters. The second-order valence-electron chi connectivity index (χ2n) is 4.67. The fraction of sp³-hybridized carbons (Fsp3) is 0.176. The van der Waals surface area contributed by atoms with Crippen LogP contribution >= 0.6 is 0 Å². The number of benzene rings is 2. The summed E-state index contributed by atoms with van der Waals surface area (Å²) < 4.78 is 0. The van der Waals surface area contributed by atoms with E-state index in [1.54, 1.807) is 0 Å². The Morgan fingerprint density at radius 2 is 1.84 bits per heavy atom. The van der Waals surface area contributed by atoms with Crippen molar-refractivity contribution < 1.29 is 4.84 Å². The smallest absolute Gasteiger partial charge is 0.0996 e. The average molecular weight is 253 g/mol. The molecular weight excluding hydrogens is 234 g/mol. The van der Waals surface area contributed by atoms with Crippen LogP contribution in [0.3, 0.4) is 0 Å². The van der Waals surface area contributed by atoms with Crippen LogP contribution in [-0.4, -0.2) is 0 Å². The van der Waals surface area contributed by atoms with Crippen LogP contribution in [-0.2, 0) is 11.4 Å². The van der Waals surface area contributed by atoms with Crippen molar-refractivity contribution in [2.75, 3.05) is 0 Å². The second kappa shape index (κ2) is 6.21. The molecule has 0 bridgehead atoms. The lowest BCUT2D eigenvalue weighted by molar-refractivity contribution is 0.0648. The molecule has 2 aromatic carbocycles. The third kappa shape index (κ3) is 3.70. The highest BCUT2D eigenvalue weighted by Crippen LogP contribution is 2.17. The third-order valence-corrected chi connectivity index (χ3v) is 3.00. The molecule has 0 radical (unpaired) electrons. The molecule has 98 valence electrons. The minimum atomic E-state index is 0.519. The molecule has 0 amide bonds. The molecule has 0 saturated heterocycles. The molecule has 0 saturated carbocycles. The maximum atomic E-state index is 5.48. The van der Waals surface area contributed by atoms with Gasteiger partial charge in [0.05, 0.1) is 12.3 Å². The van der Waals surface area contributed by atoms with Crippen LogP contribution in [0.2, 0.25) is 0 Å². The lowest BCUT2D eigenvalue weighted by Crippen LogP contribution is -2.13. The third-order valence-electron chi connectivity index (χ3n) is 3.00. The van der Waals surface area contributed by atoms with E-state index in [1.165, 1.54) is 11.1 Å². The van der Waals surface area contributed by atoms with Crippen LogP contribution in [0, 0.1) is 13.8 Å². The zero-order valence-electron chi connectivity index (χ0n) is 11.4. The highest BCUT2D eigenvalue weighted by molar-refractivity contribution is 5.64. The van der Waals surface area contributed by atoms with Gasteiger partial charge in [-0.05, 0) is 31.0 Å². The maximum absolute atomic E-state index is 5.48. The highest BCUT2D eigenvalue weighted by Gasteiger charge is 2.03. The van der Waals surface area contributed by atoms with Gasteiger partial charge < -0.3 is 0 Å². The topological polar surface area (TPSA) is 21.3 Å². The van der Waals surface area contributed by atoms with Gasteiger partial charge in [0.25, 0.3) is 0 Å². The minimum absolute atomic E-state index is 0.519. The fourth-order valence-electron chi connectivity index (χ4n) is 1.90. The Balaban J connectivity index is 1.93. The van der Waals surface area contributed by atoms with E-state index in [4.69, 9.17) is 4.84 Å². The average Bonchev–Trinajstić information content (AvgIpc) is 2.42. The second-order valence-corrected chi connectivity index (χ2v) is 4.67. The summed E-state index contributed by atoms with van der Waals surface area (Å²) in [6.45, 7) is 8.68. The molecule has 0 aliphatic carbocycles. The first-order chi connectivity index (χ1) is 9.16. The van der Waals surface area contributed by atoms with E-state index in [-0.39, 0.29) is 0 Å². The Hall–Kier alpha value is -2.06. The Kier molecular flexibility index (Phi) is 4.37. The normalized spacial score (nSPS) is 10.2. The van der Waals surface area contributed by atoms with E-state index < -0.39 is 0 Å². The standard InChI is InChI=1S/C17H19NO/c1-13-9-10-14(2)17(11-13)15(3)18-19-12-16-7-5-4-6-8-16/h4-11,18H,3,12H2,1-2H3. The molecule has 0 heterocycles. The molecule has 2 aromatic rings. The van der Waals surface area contributed by atoms with Crippen LogP contribution in [0.5, 0.6) is 0 Å². The lowest BCUT2D eigenvalue weighted by Gasteiger charge is -2.13. The molecule has 19 heavy (non-hydrogen) atoms. The first-order valence-corrected chi connectivity index (χ1v) is 6.35. The van der Waals surface area contributed by atoms with Crippen molar-refractivity contribution >= 4 is 5.70 Å². The van der Waals surface area contributed by atoms with E-state index in [0.717, 1.165) is 16.8 Å². The molecule has 0 atom stereocenters. The Labute approximate surface area is 114 Å². The molecule has 0 aliphatic heterocycles. The van der Waals surface area contributed by atoms with Gasteiger partial charge in [-0.15, -0.1) is 0 Å². The van der Waals surface area contributed by atoms with Crippen molar-refractivity contribution in [2.24, 2.45) is 0 Å². The molecule has 2 rings (SSSR count). The van der Waals surface area contributed by atoms with E-state index in [9.17, 15) is 0 Å². The molecule has 2 heteroatoms. The first-order valence-electron chi connectivity index (χ1n) is 6.35. The number of rotatable bonds is 5. The molecule has 0 spiro atoms. The van der Waals surface area contributed by atoms with Gasteiger partial charge in [0.1, 0.15) is 0 Å². The molecular formula is C17H19NO. The summed E-state index contributed by atoms with van der Waals surface area (Å²) in [5, 5.41) is 0. The minimum Gasteiger partial charge on any atom is -0.271 e. The first kappa shape index (κ1) is 13.4. The molecule has 0 aliphatic rings. The monoisotopic (exact) mass is 253 g/mol. The number of hydroxylamine groups is 1. The van der Waals surface area contributed by atoms with Crippen LogP contribution < -0.4 is 5.48 Å². The van der Waals surface area contributed by atoms with E-state index in [2.05, 4.69) is 44.1 Å². The van der Waals surface area contributed by atoms with E-state index in [0.29, 0.717) is 6.61 Å². The van der Waals surface area contributed by atoms with Gasteiger partial charge in [-0.25, -0.2) is 0 Å². The van der Waals surface area contributed by atoms with Crippen LogP contribution in [0.25, 0.3) is 5.70 Å². The maximum Gasteiger partial charge on any atom is 0.0996 e. The summed E-state index contributed by atoms with van der Waals surface area (Å²) in [6, 6.07) is 16.3. The van der Waals surface area contributed by atoms with Crippen molar-refractivity contribution in [1.29, 1.82) is 0 Å². The Bertz CT molecular complexity index is 561. The van der Waals surface area contributed by atoms with Crippen LogP contribution in [0.15, 0.2) is 55.1 Å². The zero-order chi connectivity index (χ0) is 13.7. The van der Waals surface area contributed by atoms with E-state index in [1.807, 2.05) is 30.3 Å². The molecule has 0 aromatic heterocycles.